The van der Waals surface area contributed by atoms with Crippen molar-refractivity contribution in [3.63, 3.8) is 0 Å². The largest absolute Gasteiger partial charge is 0.422 e. The molecular formula is C12H13NO4. The Morgan fingerprint density at radius 2 is 2.06 bits per heavy atom. The van der Waals surface area contributed by atoms with E-state index < -0.39 is 11.4 Å². The molecule has 90 valence electrons. The highest BCUT2D eigenvalue weighted by atomic mass is 16.5. The maximum atomic E-state index is 11.6. The van der Waals surface area contributed by atoms with E-state index in [0.29, 0.717) is 17.4 Å². The number of hydrogen-bond donors (Lipinski definition) is 0. The minimum Gasteiger partial charge on any atom is -0.380 e. The van der Waals surface area contributed by atoms with E-state index in [1.807, 2.05) is 6.92 Å². The van der Waals surface area contributed by atoms with E-state index in [1.165, 1.54) is 4.57 Å². The monoisotopic (exact) mass is 235 g/mol. The van der Waals surface area contributed by atoms with Gasteiger partial charge in [-0.3, -0.25) is 4.57 Å². The maximum Gasteiger partial charge on any atom is 0.422 e. The molecule has 1 atom stereocenters. The average molecular weight is 235 g/mol. The molecule has 2 rings (SSSR count). The van der Waals surface area contributed by atoms with Gasteiger partial charge < -0.3 is 9.15 Å². The Balaban J connectivity index is 2.70. The number of rotatable bonds is 3. The Hall–Kier alpha value is -1.88. The van der Waals surface area contributed by atoms with Crippen molar-refractivity contribution in [1.29, 1.82) is 0 Å². The fourth-order valence-electron chi connectivity index (χ4n) is 1.67. The minimum atomic E-state index is -0.655. The van der Waals surface area contributed by atoms with Gasteiger partial charge in [-0.15, -0.1) is 0 Å². The van der Waals surface area contributed by atoms with Crippen LogP contribution in [0, 0.1) is 0 Å². The number of para-hydroxylation sites is 1. The molecule has 1 aromatic carbocycles. The molecule has 17 heavy (non-hydrogen) atoms. The SMILES string of the molecule is COC(C)Cn1c(=O)oc(=O)c2ccccc21. The van der Waals surface area contributed by atoms with Crippen LogP contribution in [-0.2, 0) is 11.3 Å². The van der Waals surface area contributed by atoms with Crippen LogP contribution in [0.3, 0.4) is 0 Å². The summed E-state index contributed by atoms with van der Waals surface area (Å²) in [5.74, 6) is -0.655. The van der Waals surface area contributed by atoms with E-state index in [9.17, 15) is 9.59 Å². The van der Waals surface area contributed by atoms with Crippen LogP contribution in [0.15, 0.2) is 38.3 Å². The molecule has 5 nitrogen and oxygen atoms in total. The summed E-state index contributed by atoms with van der Waals surface area (Å²) >= 11 is 0. The van der Waals surface area contributed by atoms with Crippen LogP contribution in [0.1, 0.15) is 6.92 Å². The number of methoxy groups -OCH3 is 1. The third-order valence-corrected chi connectivity index (χ3v) is 2.66. The van der Waals surface area contributed by atoms with Crippen LogP contribution in [0.25, 0.3) is 10.9 Å². The topological polar surface area (TPSA) is 61.4 Å². The first-order valence-electron chi connectivity index (χ1n) is 5.29. The molecular weight excluding hydrogens is 222 g/mol. The van der Waals surface area contributed by atoms with E-state index in [1.54, 1.807) is 31.4 Å². The number of hydrogen-bond acceptors (Lipinski definition) is 4. The number of aromatic nitrogens is 1. The van der Waals surface area contributed by atoms with Crippen LogP contribution >= 0.6 is 0 Å². The van der Waals surface area contributed by atoms with Crippen LogP contribution in [0.2, 0.25) is 0 Å². The van der Waals surface area contributed by atoms with E-state index in [2.05, 4.69) is 4.42 Å². The van der Waals surface area contributed by atoms with Gasteiger partial charge in [-0.05, 0) is 19.1 Å². The third-order valence-electron chi connectivity index (χ3n) is 2.66. The highest BCUT2D eigenvalue weighted by molar-refractivity contribution is 5.77. The zero-order valence-electron chi connectivity index (χ0n) is 9.67. The molecule has 0 bridgehead atoms. The fraction of sp³-hybridized carbons (Fsp3) is 0.333. The van der Waals surface area contributed by atoms with Gasteiger partial charge in [0, 0.05) is 7.11 Å². The van der Waals surface area contributed by atoms with E-state index >= 15 is 0 Å². The highest BCUT2D eigenvalue weighted by Gasteiger charge is 2.11. The maximum absolute atomic E-state index is 11.6. The van der Waals surface area contributed by atoms with Gasteiger partial charge in [0.2, 0.25) is 0 Å². The quantitative estimate of drug-likeness (QED) is 0.796. The Labute approximate surface area is 97.2 Å². The highest BCUT2D eigenvalue weighted by Crippen LogP contribution is 2.08. The summed E-state index contributed by atoms with van der Waals surface area (Å²) in [6.07, 6.45) is -0.135. The predicted octanol–water partition coefficient (Wildman–Crippen LogP) is 0.990. The molecule has 0 radical (unpaired) electrons. The van der Waals surface area contributed by atoms with Gasteiger partial charge >= 0.3 is 11.4 Å². The van der Waals surface area contributed by atoms with Crippen LogP contribution in [0.4, 0.5) is 0 Å². The number of fused-ring (bicyclic) bond motifs is 1. The van der Waals surface area contributed by atoms with Gasteiger partial charge in [0.15, 0.2) is 0 Å². The van der Waals surface area contributed by atoms with Crippen LogP contribution in [-0.4, -0.2) is 17.8 Å². The van der Waals surface area contributed by atoms with Crippen molar-refractivity contribution in [1.82, 2.24) is 4.57 Å². The summed E-state index contributed by atoms with van der Waals surface area (Å²) in [5, 5.41) is 0.399. The van der Waals surface area contributed by atoms with Gasteiger partial charge in [-0.25, -0.2) is 9.59 Å². The van der Waals surface area contributed by atoms with E-state index in [0.717, 1.165) is 0 Å². The zero-order chi connectivity index (χ0) is 12.4. The lowest BCUT2D eigenvalue weighted by molar-refractivity contribution is 0.101. The molecule has 0 fully saturated rings. The molecule has 1 unspecified atom stereocenters. The standard InChI is InChI=1S/C12H13NO4/c1-8(16-2)7-13-10-6-4-3-5-9(10)11(14)17-12(13)15/h3-6,8H,7H2,1-2H3. The van der Waals surface area contributed by atoms with Crippen molar-refractivity contribution in [2.24, 2.45) is 0 Å². The van der Waals surface area contributed by atoms with Crippen molar-refractivity contribution in [2.75, 3.05) is 7.11 Å². The normalized spacial score (nSPS) is 12.8. The molecule has 5 heteroatoms. The molecule has 0 N–H and O–H groups in total. The lowest BCUT2D eigenvalue weighted by Gasteiger charge is -2.12. The first-order valence-corrected chi connectivity index (χ1v) is 5.29. The predicted molar refractivity (Wildman–Crippen MR) is 63.2 cm³/mol. The van der Waals surface area contributed by atoms with Crippen molar-refractivity contribution < 1.29 is 9.15 Å². The second-order valence-electron chi connectivity index (χ2n) is 3.83. The number of ether oxygens (including phenoxy) is 1. The summed E-state index contributed by atoms with van der Waals surface area (Å²) in [6, 6.07) is 6.85. The van der Waals surface area contributed by atoms with Gasteiger partial charge in [0.25, 0.3) is 0 Å². The molecule has 0 spiro atoms. The molecule has 2 aromatic rings. The molecule has 0 saturated carbocycles. The molecule has 1 aromatic heterocycles. The van der Waals surface area contributed by atoms with Crippen LogP contribution in [0.5, 0.6) is 0 Å². The van der Waals surface area contributed by atoms with Gasteiger partial charge in [-0.2, -0.15) is 0 Å². The van der Waals surface area contributed by atoms with E-state index in [-0.39, 0.29) is 6.10 Å². The van der Waals surface area contributed by atoms with Gasteiger partial charge in [-0.1, -0.05) is 12.1 Å². The summed E-state index contributed by atoms with van der Waals surface area (Å²) in [7, 11) is 1.57. The van der Waals surface area contributed by atoms with E-state index in [4.69, 9.17) is 4.74 Å². The summed E-state index contributed by atoms with van der Waals surface area (Å²) in [5.41, 5.74) is -0.0374. The van der Waals surface area contributed by atoms with Crippen molar-refractivity contribution >= 4 is 10.9 Å². The third kappa shape index (κ3) is 2.14. The molecule has 0 aliphatic carbocycles. The van der Waals surface area contributed by atoms with Crippen molar-refractivity contribution in [2.45, 2.75) is 19.6 Å². The molecule has 0 saturated heterocycles. The van der Waals surface area contributed by atoms with Crippen LogP contribution < -0.4 is 11.4 Å². The minimum absolute atomic E-state index is 0.135. The van der Waals surface area contributed by atoms with Gasteiger partial charge in [0.1, 0.15) is 0 Å². The Morgan fingerprint density at radius 1 is 1.35 bits per heavy atom. The number of benzene rings is 1. The fourth-order valence-corrected chi connectivity index (χ4v) is 1.67. The molecule has 0 aliphatic heterocycles. The molecule has 0 aliphatic rings. The summed E-state index contributed by atoms with van der Waals surface area (Å²) in [4.78, 5) is 23.1. The smallest absolute Gasteiger partial charge is 0.380 e. The van der Waals surface area contributed by atoms with Crippen molar-refractivity contribution in [3.8, 4) is 0 Å². The zero-order valence-corrected chi connectivity index (χ0v) is 9.67. The van der Waals surface area contributed by atoms with Crippen molar-refractivity contribution in [3.05, 3.63) is 45.2 Å². The second-order valence-corrected chi connectivity index (χ2v) is 3.83. The Kier molecular flexibility index (Phi) is 3.10. The lowest BCUT2D eigenvalue weighted by Crippen LogP contribution is -2.29. The first kappa shape index (κ1) is 11.6. The first-order chi connectivity index (χ1) is 8.13. The summed E-state index contributed by atoms with van der Waals surface area (Å²) in [6.45, 7) is 2.19. The average Bonchev–Trinajstić information content (AvgIpc) is 2.34. The second kappa shape index (κ2) is 4.55. The Bertz CT molecular complexity index is 641. The van der Waals surface area contributed by atoms with Gasteiger partial charge in [0.05, 0.1) is 23.6 Å². The number of nitrogens with zero attached hydrogens (tertiary/aromatic N) is 1. The lowest BCUT2D eigenvalue weighted by atomic mass is 10.2. The molecule has 1 heterocycles. The summed E-state index contributed by atoms with van der Waals surface area (Å²) < 4.78 is 11.2. The Morgan fingerprint density at radius 3 is 2.76 bits per heavy atom. The molecule has 0 amide bonds.